The van der Waals surface area contributed by atoms with Crippen LogP contribution in [0.15, 0.2) is 54.6 Å². The van der Waals surface area contributed by atoms with Gasteiger partial charge in [0.15, 0.2) is 0 Å². The smallest absolute Gasteiger partial charge is 0.119 e. The fourth-order valence-corrected chi connectivity index (χ4v) is 1.95. The summed E-state index contributed by atoms with van der Waals surface area (Å²) in [5.74, 6) is 0.656. The van der Waals surface area contributed by atoms with Gasteiger partial charge < -0.3 is 4.74 Å². The molecule has 0 spiro atoms. The first-order chi connectivity index (χ1) is 8.83. The zero-order valence-electron chi connectivity index (χ0n) is 10.3. The second-order valence-corrected chi connectivity index (χ2v) is 4.15. The summed E-state index contributed by atoms with van der Waals surface area (Å²) in [6.07, 6.45) is 0.727. The molecule has 0 bridgehead atoms. The molecule has 0 saturated carbocycles. The monoisotopic (exact) mass is 237 g/mol. The minimum atomic E-state index is -0.137. The van der Waals surface area contributed by atoms with Crippen LogP contribution in [0.3, 0.4) is 0 Å². The summed E-state index contributed by atoms with van der Waals surface area (Å²) in [4.78, 5) is 0. The Morgan fingerprint density at radius 3 is 2.56 bits per heavy atom. The lowest BCUT2D eigenvalue weighted by atomic mass is 9.93. The molecule has 18 heavy (non-hydrogen) atoms. The van der Waals surface area contributed by atoms with Crippen molar-refractivity contribution >= 4 is 0 Å². The first-order valence-electron chi connectivity index (χ1n) is 5.91. The van der Waals surface area contributed by atoms with Crippen molar-refractivity contribution in [1.82, 2.24) is 0 Å². The van der Waals surface area contributed by atoms with Crippen LogP contribution in [0.4, 0.5) is 0 Å². The Kier molecular flexibility index (Phi) is 3.98. The van der Waals surface area contributed by atoms with Gasteiger partial charge in [-0.25, -0.2) is 0 Å². The van der Waals surface area contributed by atoms with E-state index < -0.39 is 0 Å². The Balaban J connectivity index is 2.21. The average Bonchev–Trinajstić information content (AvgIpc) is 2.46. The van der Waals surface area contributed by atoms with Gasteiger partial charge in [0, 0.05) is 0 Å². The van der Waals surface area contributed by atoms with Crippen LogP contribution in [0.2, 0.25) is 0 Å². The summed E-state index contributed by atoms with van der Waals surface area (Å²) in [5, 5.41) is 9.31. The van der Waals surface area contributed by atoms with Crippen LogP contribution in [-0.2, 0) is 6.42 Å². The maximum absolute atomic E-state index is 9.31. The minimum absolute atomic E-state index is 0.137. The third kappa shape index (κ3) is 2.89. The van der Waals surface area contributed by atoms with E-state index in [-0.39, 0.29) is 5.92 Å². The number of nitrogens with zero attached hydrogens (tertiary/aromatic N) is 1. The highest BCUT2D eigenvalue weighted by molar-refractivity contribution is 5.35. The van der Waals surface area contributed by atoms with E-state index in [0.717, 1.165) is 17.7 Å². The number of nitriles is 1. The molecule has 0 fully saturated rings. The molecule has 0 aromatic heterocycles. The lowest BCUT2D eigenvalue weighted by Crippen LogP contribution is -2.00. The molecule has 1 atom stereocenters. The first kappa shape index (κ1) is 12.2. The summed E-state index contributed by atoms with van der Waals surface area (Å²) in [7, 11) is 1.64. The van der Waals surface area contributed by atoms with Crippen molar-refractivity contribution < 1.29 is 4.74 Å². The number of hydrogen-bond donors (Lipinski definition) is 0. The Bertz CT molecular complexity index is 543. The number of ether oxygens (including phenoxy) is 1. The Morgan fingerprint density at radius 2 is 1.89 bits per heavy atom. The molecular weight excluding hydrogens is 222 g/mol. The zero-order valence-corrected chi connectivity index (χ0v) is 10.3. The second kappa shape index (κ2) is 5.88. The molecule has 2 rings (SSSR count). The molecule has 0 radical (unpaired) electrons. The number of benzene rings is 2. The van der Waals surface area contributed by atoms with E-state index in [1.165, 1.54) is 5.56 Å². The van der Waals surface area contributed by atoms with E-state index in [9.17, 15) is 5.26 Å². The van der Waals surface area contributed by atoms with E-state index in [2.05, 4.69) is 6.07 Å². The molecule has 90 valence electrons. The topological polar surface area (TPSA) is 33.0 Å². The SMILES string of the molecule is COc1cccc([C@H](C#N)Cc2ccccc2)c1. The van der Waals surface area contributed by atoms with Gasteiger partial charge in [-0.2, -0.15) is 5.26 Å². The zero-order chi connectivity index (χ0) is 12.8. The predicted molar refractivity (Wildman–Crippen MR) is 71.5 cm³/mol. The molecule has 0 aliphatic rings. The third-order valence-corrected chi connectivity index (χ3v) is 2.93. The minimum Gasteiger partial charge on any atom is -0.497 e. The lowest BCUT2D eigenvalue weighted by molar-refractivity contribution is 0.414. The summed E-state index contributed by atoms with van der Waals surface area (Å²) in [6, 6.07) is 20.1. The lowest BCUT2D eigenvalue weighted by Gasteiger charge is -2.10. The molecule has 0 saturated heterocycles. The Morgan fingerprint density at radius 1 is 1.11 bits per heavy atom. The van der Waals surface area contributed by atoms with Crippen molar-refractivity contribution in [3.63, 3.8) is 0 Å². The van der Waals surface area contributed by atoms with Crippen molar-refractivity contribution in [2.45, 2.75) is 12.3 Å². The van der Waals surface area contributed by atoms with Gasteiger partial charge in [-0.3, -0.25) is 0 Å². The van der Waals surface area contributed by atoms with Crippen LogP contribution < -0.4 is 4.74 Å². The van der Waals surface area contributed by atoms with Crippen molar-refractivity contribution in [3.05, 3.63) is 65.7 Å². The van der Waals surface area contributed by atoms with Gasteiger partial charge in [0.1, 0.15) is 5.75 Å². The Hall–Kier alpha value is -2.27. The molecule has 2 heteroatoms. The van der Waals surface area contributed by atoms with E-state index in [1.54, 1.807) is 7.11 Å². The van der Waals surface area contributed by atoms with Crippen molar-refractivity contribution in [1.29, 1.82) is 5.26 Å². The standard InChI is InChI=1S/C16H15NO/c1-18-16-9-5-8-14(11-16)15(12-17)10-13-6-3-2-4-7-13/h2-9,11,15H,10H2,1H3/t15-/m0/s1. The van der Waals surface area contributed by atoms with E-state index in [0.29, 0.717) is 0 Å². The molecule has 0 unspecified atom stereocenters. The molecule has 2 aromatic rings. The molecule has 0 N–H and O–H groups in total. The van der Waals surface area contributed by atoms with Crippen LogP contribution in [-0.4, -0.2) is 7.11 Å². The van der Waals surface area contributed by atoms with E-state index in [1.807, 2.05) is 54.6 Å². The van der Waals surface area contributed by atoms with Gasteiger partial charge in [0.05, 0.1) is 19.1 Å². The number of hydrogen-bond acceptors (Lipinski definition) is 2. The van der Waals surface area contributed by atoms with Gasteiger partial charge in [0.25, 0.3) is 0 Å². The van der Waals surface area contributed by atoms with E-state index in [4.69, 9.17) is 4.74 Å². The maximum Gasteiger partial charge on any atom is 0.119 e. The van der Waals surface area contributed by atoms with Crippen LogP contribution in [0, 0.1) is 11.3 Å². The first-order valence-corrected chi connectivity index (χ1v) is 5.91. The molecule has 0 heterocycles. The highest BCUT2D eigenvalue weighted by Gasteiger charge is 2.11. The molecule has 2 aromatic carbocycles. The van der Waals surface area contributed by atoms with Gasteiger partial charge in [0.2, 0.25) is 0 Å². The highest BCUT2D eigenvalue weighted by atomic mass is 16.5. The van der Waals surface area contributed by atoms with Gasteiger partial charge in [-0.15, -0.1) is 0 Å². The third-order valence-electron chi connectivity index (χ3n) is 2.93. The molecule has 2 nitrogen and oxygen atoms in total. The summed E-state index contributed by atoms with van der Waals surface area (Å²) < 4.78 is 5.19. The molecule has 0 aliphatic carbocycles. The van der Waals surface area contributed by atoms with Crippen LogP contribution >= 0.6 is 0 Å². The fourth-order valence-electron chi connectivity index (χ4n) is 1.95. The van der Waals surface area contributed by atoms with Gasteiger partial charge in [-0.1, -0.05) is 42.5 Å². The predicted octanol–water partition coefficient (Wildman–Crippen LogP) is 3.55. The summed E-state index contributed by atoms with van der Waals surface area (Å²) in [6.45, 7) is 0. The number of methoxy groups -OCH3 is 1. The quantitative estimate of drug-likeness (QED) is 0.814. The van der Waals surface area contributed by atoms with Crippen LogP contribution in [0.25, 0.3) is 0 Å². The number of rotatable bonds is 4. The normalized spacial score (nSPS) is 11.6. The van der Waals surface area contributed by atoms with Crippen LogP contribution in [0.5, 0.6) is 5.75 Å². The molecule has 0 aliphatic heterocycles. The second-order valence-electron chi connectivity index (χ2n) is 4.15. The van der Waals surface area contributed by atoms with Crippen LogP contribution in [0.1, 0.15) is 17.0 Å². The van der Waals surface area contributed by atoms with E-state index >= 15 is 0 Å². The fraction of sp³-hybridized carbons (Fsp3) is 0.188. The van der Waals surface area contributed by atoms with Crippen molar-refractivity contribution in [3.8, 4) is 11.8 Å². The molecule has 0 amide bonds. The summed E-state index contributed by atoms with van der Waals surface area (Å²) in [5.41, 5.74) is 2.17. The average molecular weight is 237 g/mol. The summed E-state index contributed by atoms with van der Waals surface area (Å²) >= 11 is 0. The Labute approximate surface area is 107 Å². The molecular formula is C16H15NO. The highest BCUT2D eigenvalue weighted by Crippen LogP contribution is 2.23. The van der Waals surface area contributed by atoms with Crippen molar-refractivity contribution in [2.24, 2.45) is 0 Å². The largest absolute Gasteiger partial charge is 0.497 e. The van der Waals surface area contributed by atoms with Gasteiger partial charge in [-0.05, 0) is 29.7 Å². The van der Waals surface area contributed by atoms with Gasteiger partial charge >= 0.3 is 0 Å². The van der Waals surface area contributed by atoms with Crippen molar-refractivity contribution in [2.75, 3.05) is 7.11 Å². The maximum atomic E-state index is 9.31.